The first kappa shape index (κ1) is 17.4. The molecule has 0 saturated carbocycles. The van der Waals surface area contributed by atoms with Crippen LogP contribution >= 0.6 is 0 Å². The maximum absolute atomic E-state index is 12.6. The highest BCUT2D eigenvalue weighted by Crippen LogP contribution is 2.33. The van der Waals surface area contributed by atoms with E-state index in [4.69, 9.17) is 18.9 Å². The van der Waals surface area contributed by atoms with Crippen LogP contribution in [0.4, 0.5) is 0 Å². The van der Waals surface area contributed by atoms with Crippen LogP contribution in [-0.4, -0.2) is 35.9 Å². The van der Waals surface area contributed by atoms with Gasteiger partial charge in [0.25, 0.3) is 0 Å². The second-order valence-corrected chi connectivity index (χ2v) is 7.04. The Morgan fingerprint density at radius 2 is 1.64 bits per heavy atom. The number of rotatable bonds is 6. The fourth-order valence-electron chi connectivity index (χ4n) is 2.54. The van der Waals surface area contributed by atoms with E-state index in [0.717, 1.165) is 0 Å². The van der Waals surface area contributed by atoms with E-state index in [1.807, 2.05) is 0 Å². The quantitative estimate of drug-likeness (QED) is 0.843. The van der Waals surface area contributed by atoms with Crippen LogP contribution < -0.4 is 23.7 Å². The average molecular weight is 365 g/mol. The Balaban J connectivity index is 1.83. The van der Waals surface area contributed by atoms with E-state index in [1.165, 1.54) is 26.4 Å². The molecule has 3 rings (SSSR count). The number of fused-ring (bicyclic) bond motifs is 1. The molecule has 1 N–H and O–H groups in total. The van der Waals surface area contributed by atoms with Gasteiger partial charge in [-0.25, -0.2) is 13.1 Å². The second kappa shape index (κ2) is 7.20. The number of nitrogens with one attached hydrogen (secondary N) is 1. The topological polar surface area (TPSA) is 83.1 Å². The van der Waals surface area contributed by atoms with Crippen molar-refractivity contribution in [2.75, 3.05) is 27.4 Å². The van der Waals surface area contributed by atoms with Gasteiger partial charge in [0.2, 0.25) is 10.0 Å². The Morgan fingerprint density at radius 1 is 1.00 bits per heavy atom. The van der Waals surface area contributed by atoms with Crippen molar-refractivity contribution in [2.45, 2.75) is 11.4 Å². The van der Waals surface area contributed by atoms with Gasteiger partial charge >= 0.3 is 0 Å². The van der Waals surface area contributed by atoms with E-state index in [-0.39, 0.29) is 11.4 Å². The van der Waals surface area contributed by atoms with Crippen molar-refractivity contribution in [3.05, 3.63) is 42.0 Å². The molecule has 0 aliphatic carbocycles. The van der Waals surface area contributed by atoms with E-state index < -0.39 is 10.0 Å². The molecule has 0 amide bonds. The van der Waals surface area contributed by atoms with Gasteiger partial charge in [0.05, 0.1) is 24.7 Å². The van der Waals surface area contributed by atoms with Crippen LogP contribution in [0, 0.1) is 0 Å². The fourth-order valence-corrected chi connectivity index (χ4v) is 3.55. The maximum atomic E-state index is 12.6. The van der Waals surface area contributed by atoms with Crippen LogP contribution in [0.2, 0.25) is 0 Å². The first-order valence-corrected chi connectivity index (χ1v) is 9.12. The maximum Gasteiger partial charge on any atom is 0.241 e. The highest BCUT2D eigenvalue weighted by Gasteiger charge is 2.20. The van der Waals surface area contributed by atoms with Gasteiger partial charge in [0, 0.05) is 12.6 Å². The average Bonchev–Trinajstić information content (AvgIpc) is 2.65. The third-order valence-corrected chi connectivity index (χ3v) is 5.19. The Bertz CT molecular complexity index is 843. The van der Waals surface area contributed by atoms with Crippen molar-refractivity contribution < 1.29 is 27.4 Å². The summed E-state index contributed by atoms with van der Waals surface area (Å²) >= 11 is 0. The van der Waals surface area contributed by atoms with Gasteiger partial charge in [-0.05, 0) is 24.3 Å². The van der Waals surface area contributed by atoms with E-state index >= 15 is 0 Å². The highest BCUT2D eigenvalue weighted by atomic mass is 32.2. The van der Waals surface area contributed by atoms with Crippen molar-refractivity contribution in [2.24, 2.45) is 0 Å². The zero-order chi connectivity index (χ0) is 17.9. The molecule has 0 radical (unpaired) electrons. The Hall–Kier alpha value is -2.45. The molecule has 1 heterocycles. The molecular weight excluding hydrogens is 346 g/mol. The fraction of sp³-hybridized carbons (Fsp3) is 0.294. The Labute approximate surface area is 146 Å². The Kier molecular flexibility index (Phi) is 5.00. The zero-order valence-electron chi connectivity index (χ0n) is 13.9. The summed E-state index contributed by atoms with van der Waals surface area (Å²) in [7, 11) is -0.696. The van der Waals surface area contributed by atoms with Crippen LogP contribution in [0.5, 0.6) is 23.0 Å². The third-order valence-electron chi connectivity index (χ3n) is 3.79. The van der Waals surface area contributed by atoms with E-state index in [0.29, 0.717) is 41.8 Å². The minimum absolute atomic E-state index is 0.0317. The largest absolute Gasteiger partial charge is 0.496 e. The predicted octanol–water partition coefficient (Wildman–Crippen LogP) is 1.95. The first-order valence-electron chi connectivity index (χ1n) is 7.64. The van der Waals surface area contributed by atoms with Crippen molar-refractivity contribution in [1.82, 2.24) is 4.72 Å². The second-order valence-electron chi connectivity index (χ2n) is 5.27. The normalized spacial score (nSPS) is 13.4. The van der Waals surface area contributed by atoms with Crippen molar-refractivity contribution in [3.63, 3.8) is 0 Å². The number of ether oxygens (including phenoxy) is 4. The molecule has 1 aliphatic rings. The van der Waals surface area contributed by atoms with Gasteiger partial charge in [-0.1, -0.05) is 6.07 Å². The molecule has 0 spiro atoms. The molecule has 25 heavy (non-hydrogen) atoms. The summed E-state index contributed by atoms with van der Waals surface area (Å²) in [5.41, 5.74) is 0.619. The van der Waals surface area contributed by atoms with Crippen molar-refractivity contribution in [1.29, 1.82) is 0 Å². The number of sulfonamides is 1. The van der Waals surface area contributed by atoms with Gasteiger partial charge in [-0.2, -0.15) is 0 Å². The number of hydrogen-bond acceptors (Lipinski definition) is 6. The SMILES string of the molecule is COc1cccc(OC)c1CNS(=O)(=O)c1ccc2c(c1)OCCO2. The summed E-state index contributed by atoms with van der Waals surface area (Å²) in [6.45, 7) is 0.872. The highest BCUT2D eigenvalue weighted by molar-refractivity contribution is 7.89. The predicted molar refractivity (Wildman–Crippen MR) is 91.0 cm³/mol. The lowest BCUT2D eigenvalue weighted by Gasteiger charge is -2.19. The molecular formula is C17H19NO6S. The molecule has 0 unspecified atom stereocenters. The number of hydrogen-bond donors (Lipinski definition) is 1. The molecule has 2 aromatic carbocycles. The van der Waals surface area contributed by atoms with Gasteiger partial charge in [0.1, 0.15) is 24.7 Å². The van der Waals surface area contributed by atoms with Crippen LogP contribution in [0.3, 0.4) is 0 Å². The monoisotopic (exact) mass is 365 g/mol. The molecule has 0 fully saturated rings. The van der Waals surface area contributed by atoms with E-state index in [9.17, 15) is 8.42 Å². The van der Waals surface area contributed by atoms with Gasteiger partial charge in [-0.3, -0.25) is 0 Å². The van der Waals surface area contributed by atoms with Gasteiger partial charge < -0.3 is 18.9 Å². The Morgan fingerprint density at radius 3 is 2.28 bits per heavy atom. The molecule has 0 saturated heterocycles. The van der Waals surface area contributed by atoms with E-state index in [1.54, 1.807) is 24.3 Å². The van der Waals surface area contributed by atoms with Crippen LogP contribution in [-0.2, 0) is 16.6 Å². The molecule has 7 nitrogen and oxygen atoms in total. The van der Waals surface area contributed by atoms with Crippen LogP contribution in [0.1, 0.15) is 5.56 Å². The summed E-state index contributed by atoms with van der Waals surface area (Å²) < 4.78 is 49.2. The minimum Gasteiger partial charge on any atom is -0.496 e. The van der Waals surface area contributed by atoms with Crippen LogP contribution in [0.15, 0.2) is 41.3 Å². The summed E-state index contributed by atoms with van der Waals surface area (Å²) in [4.78, 5) is 0.102. The smallest absolute Gasteiger partial charge is 0.241 e. The van der Waals surface area contributed by atoms with Crippen molar-refractivity contribution >= 4 is 10.0 Å². The molecule has 2 aromatic rings. The molecule has 0 aromatic heterocycles. The number of benzene rings is 2. The van der Waals surface area contributed by atoms with Gasteiger partial charge in [-0.15, -0.1) is 0 Å². The van der Waals surface area contributed by atoms with E-state index in [2.05, 4.69) is 4.72 Å². The lowest BCUT2D eigenvalue weighted by atomic mass is 10.2. The lowest BCUT2D eigenvalue weighted by molar-refractivity contribution is 0.171. The summed E-state index contributed by atoms with van der Waals surface area (Å²) in [5, 5.41) is 0. The molecule has 8 heteroatoms. The molecule has 1 aliphatic heterocycles. The summed E-state index contributed by atoms with van der Waals surface area (Å²) in [6.07, 6.45) is 0. The van der Waals surface area contributed by atoms with Crippen molar-refractivity contribution in [3.8, 4) is 23.0 Å². The zero-order valence-corrected chi connectivity index (χ0v) is 14.8. The standard InChI is InChI=1S/C17H19NO6S/c1-21-14-4-3-5-15(22-2)13(14)11-18-25(19,20)12-6-7-16-17(10-12)24-9-8-23-16/h3-7,10,18H,8-9,11H2,1-2H3. The molecule has 134 valence electrons. The lowest BCUT2D eigenvalue weighted by Crippen LogP contribution is -2.24. The van der Waals surface area contributed by atoms with Gasteiger partial charge in [0.15, 0.2) is 11.5 Å². The third kappa shape index (κ3) is 3.64. The number of methoxy groups -OCH3 is 2. The minimum atomic E-state index is -3.74. The summed E-state index contributed by atoms with van der Waals surface area (Å²) in [5.74, 6) is 2.05. The first-order chi connectivity index (χ1) is 12.0. The molecule has 0 atom stereocenters. The van der Waals surface area contributed by atoms with Crippen LogP contribution in [0.25, 0.3) is 0 Å². The molecule has 0 bridgehead atoms. The summed E-state index contributed by atoms with van der Waals surface area (Å²) in [6, 6.07) is 9.79.